The second-order valence-electron chi connectivity index (χ2n) is 5.28. The minimum atomic E-state index is 0.181. The summed E-state index contributed by atoms with van der Waals surface area (Å²) in [5.74, 6) is 0. The molecule has 3 heteroatoms. The Hall–Kier alpha value is -1.87. The molecular formula is C18H22N2S. The molecule has 0 amide bonds. The Morgan fingerprint density at radius 1 is 1.14 bits per heavy atom. The maximum atomic E-state index is 5.38. The van der Waals surface area contributed by atoms with Crippen LogP contribution in [0.4, 0.5) is 5.69 Å². The minimum absolute atomic E-state index is 0.181. The number of rotatable bonds is 4. The molecule has 0 aliphatic carbocycles. The fourth-order valence-corrected chi connectivity index (χ4v) is 2.51. The van der Waals surface area contributed by atoms with Crippen LogP contribution in [0.25, 0.3) is 0 Å². The molecule has 0 aliphatic heterocycles. The van der Waals surface area contributed by atoms with Crippen molar-refractivity contribution in [2.75, 3.05) is 5.32 Å². The zero-order valence-corrected chi connectivity index (χ0v) is 13.6. The summed E-state index contributed by atoms with van der Waals surface area (Å²) in [6.07, 6.45) is 1.06. The van der Waals surface area contributed by atoms with Gasteiger partial charge >= 0.3 is 0 Å². The first-order valence-electron chi connectivity index (χ1n) is 7.31. The Morgan fingerprint density at radius 3 is 2.48 bits per heavy atom. The molecule has 110 valence electrons. The van der Waals surface area contributed by atoms with Gasteiger partial charge in [0.1, 0.15) is 0 Å². The summed E-state index contributed by atoms with van der Waals surface area (Å²) in [5, 5.41) is 7.19. The SMILES string of the molecule is CCc1ccc([C@@H](C)NC(=S)Nc2cccc(C)c2)cc1. The minimum Gasteiger partial charge on any atom is -0.356 e. The normalized spacial score (nSPS) is 11.8. The Labute approximate surface area is 132 Å². The third-order valence-corrected chi connectivity index (χ3v) is 3.73. The first-order valence-corrected chi connectivity index (χ1v) is 7.72. The van der Waals surface area contributed by atoms with E-state index in [1.807, 2.05) is 12.1 Å². The highest BCUT2D eigenvalue weighted by Crippen LogP contribution is 2.15. The highest BCUT2D eigenvalue weighted by atomic mass is 32.1. The van der Waals surface area contributed by atoms with Gasteiger partial charge in [0.25, 0.3) is 0 Å². The molecule has 0 saturated heterocycles. The van der Waals surface area contributed by atoms with Crippen molar-refractivity contribution in [3.8, 4) is 0 Å². The maximum absolute atomic E-state index is 5.38. The van der Waals surface area contributed by atoms with E-state index in [-0.39, 0.29) is 6.04 Å². The molecule has 0 aliphatic rings. The van der Waals surface area contributed by atoms with E-state index in [9.17, 15) is 0 Å². The molecule has 2 rings (SSSR count). The summed E-state index contributed by atoms with van der Waals surface area (Å²) < 4.78 is 0. The topological polar surface area (TPSA) is 24.1 Å². The molecule has 2 aromatic carbocycles. The third-order valence-electron chi connectivity index (χ3n) is 3.51. The summed E-state index contributed by atoms with van der Waals surface area (Å²) in [4.78, 5) is 0. The van der Waals surface area contributed by atoms with Gasteiger partial charge in [-0.15, -0.1) is 0 Å². The quantitative estimate of drug-likeness (QED) is 0.806. The summed E-state index contributed by atoms with van der Waals surface area (Å²) in [6, 6.07) is 17.0. The fraction of sp³-hybridized carbons (Fsp3) is 0.278. The molecule has 0 saturated carbocycles. The predicted molar refractivity (Wildman–Crippen MR) is 94.8 cm³/mol. The van der Waals surface area contributed by atoms with E-state index >= 15 is 0 Å². The summed E-state index contributed by atoms with van der Waals surface area (Å²) >= 11 is 5.38. The van der Waals surface area contributed by atoms with Crippen LogP contribution in [0.15, 0.2) is 48.5 Å². The van der Waals surface area contributed by atoms with Gasteiger partial charge in [0.15, 0.2) is 5.11 Å². The molecule has 2 aromatic rings. The lowest BCUT2D eigenvalue weighted by Gasteiger charge is -2.18. The molecule has 0 radical (unpaired) electrons. The highest BCUT2D eigenvalue weighted by Gasteiger charge is 2.07. The molecule has 0 aromatic heterocycles. The first-order chi connectivity index (χ1) is 10.1. The summed E-state index contributed by atoms with van der Waals surface area (Å²) in [6.45, 7) is 6.35. The first kappa shape index (κ1) is 15.5. The van der Waals surface area contributed by atoms with Gasteiger partial charge < -0.3 is 10.6 Å². The van der Waals surface area contributed by atoms with Crippen LogP contribution in [-0.2, 0) is 6.42 Å². The largest absolute Gasteiger partial charge is 0.356 e. The van der Waals surface area contributed by atoms with Gasteiger partial charge in [0.05, 0.1) is 6.04 Å². The van der Waals surface area contributed by atoms with Crippen LogP contribution < -0.4 is 10.6 Å². The van der Waals surface area contributed by atoms with Gasteiger partial charge in [-0.1, -0.05) is 43.3 Å². The van der Waals surface area contributed by atoms with E-state index in [0.717, 1.165) is 12.1 Å². The lowest BCUT2D eigenvalue weighted by atomic mass is 10.1. The maximum Gasteiger partial charge on any atom is 0.171 e. The highest BCUT2D eigenvalue weighted by molar-refractivity contribution is 7.80. The smallest absolute Gasteiger partial charge is 0.171 e. The standard InChI is InChI=1S/C18H22N2S/c1-4-15-8-10-16(11-9-15)14(3)19-18(21)20-17-7-5-6-13(2)12-17/h5-12,14H,4H2,1-3H3,(H2,19,20,21)/t14-/m1/s1. The van der Waals surface area contributed by atoms with Crippen LogP contribution in [0.3, 0.4) is 0 Å². The van der Waals surface area contributed by atoms with Crippen molar-refractivity contribution in [2.45, 2.75) is 33.2 Å². The zero-order chi connectivity index (χ0) is 15.2. The fourth-order valence-electron chi connectivity index (χ4n) is 2.21. The van der Waals surface area contributed by atoms with E-state index < -0.39 is 0 Å². The molecule has 1 atom stereocenters. The van der Waals surface area contributed by atoms with Crippen molar-refractivity contribution in [3.63, 3.8) is 0 Å². The monoisotopic (exact) mass is 298 g/mol. The third kappa shape index (κ3) is 4.57. The number of thiocarbonyl (C=S) groups is 1. The van der Waals surface area contributed by atoms with Gasteiger partial charge in [-0.05, 0) is 61.3 Å². The van der Waals surface area contributed by atoms with E-state index in [1.54, 1.807) is 0 Å². The lowest BCUT2D eigenvalue weighted by Crippen LogP contribution is -2.30. The number of aryl methyl sites for hydroxylation is 2. The van der Waals surface area contributed by atoms with Crippen LogP contribution in [0.1, 0.15) is 36.6 Å². The second kappa shape index (κ2) is 7.23. The zero-order valence-electron chi connectivity index (χ0n) is 12.8. The lowest BCUT2D eigenvalue weighted by molar-refractivity contribution is 0.722. The van der Waals surface area contributed by atoms with Crippen molar-refractivity contribution in [1.29, 1.82) is 0 Å². The van der Waals surface area contributed by atoms with Crippen molar-refractivity contribution in [1.82, 2.24) is 5.32 Å². The predicted octanol–water partition coefficient (Wildman–Crippen LogP) is 4.61. The van der Waals surface area contributed by atoms with Crippen LogP contribution >= 0.6 is 12.2 Å². The molecule has 2 nitrogen and oxygen atoms in total. The van der Waals surface area contributed by atoms with Crippen LogP contribution in [0.5, 0.6) is 0 Å². The molecule has 2 N–H and O–H groups in total. The number of hydrogen-bond acceptors (Lipinski definition) is 1. The van der Waals surface area contributed by atoms with Crippen LogP contribution in [0, 0.1) is 6.92 Å². The van der Waals surface area contributed by atoms with Gasteiger partial charge in [0.2, 0.25) is 0 Å². The van der Waals surface area contributed by atoms with Gasteiger partial charge in [0, 0.05) is 5.69 Å². The van der Waals surface area contributed by atoms with Crippen molar-refractivity contribution in [3.05, 3.63) is 65.2 Å². The molecule has 0 spiro atoms. The average molecular weight is 298 g/mol. The summed E-state index contributed by atoms with van der Waals surface area (Å²) in [7, 11) is 0. The molecule has 0 heterocycles. The van der Waals surface area contributed by atoms with Crippen LogP contribution in [0.2, 0.25) is 0 Å². The van der Waals surface area contributed by atoms with Crippen molar-refractivity contribution >= 4 is 23.0 Å². The molecule has 0 unspecified atom stereocenters. The number of hydrogen-bond donors (Lipinski definition) is 2. The Morgan fingerprint density at radius 2 is 1.86 bits per heavy atom. The second-order valence-corrected chi connectivity index (χ2v) is 5.69. The van der Waals surface area contributed by atoms with Crippen molar-refractivity contribution in [2.24, 2.45) is 0 Å². The Balaban J connectivity index is 1.95. The molecule has 0 fully saturated rings. The van der Waals surface area contributed by atoms with Crippen molar-refractivity contribution < 1.29 is 0 Å². The number of nitrogens with one attached hydrogen (secondary N) is 2. The molecular weight excluding hydrogens is 276 g/mol. The van der Waals surface area contributed by atoms with E-state index in [4.69, 9.17) is 12.2 Å². The Kier molecular flexibility index (Phi) is 5.34. The molecule has 0 bridgehead atoms. The van der Waals surface area contributed by atoms with Crippen LogP contribution in [-0.4, -0.2) is 5.11 Å². The Bertz CT molecular complexity index is 605. The van der Waals surface area contributed by atoms with Gasteiger partial charge in [-0.3, -0.25) is 0 Å². The molecule has 21 heavy (non-hydrogen) atoms. The number of anilines is 1. The summed E-state index contributed by atoms with van der Waals surface area (Å²) in [5.41, 5.74) is 4.82. The van der Waals surface area contributed by atoms with Gasteiger partial charge in [-0.2, -0.15) is 0 Å². The van der Waals surface area contributed by atoms with E-state index in [0.29, 0.717) is 5.11 Å². The van der Waals surface area contributed by atoms with E-state index in [1.165, 1.54) is 16.7 Å². The van der Waals surface area contributed by atoms with E-state index in [2.05, 4.69) is 67.8 Å². The number of benzene rings is 2. The van der Waals surface area contributed by atoms with Gasteiger partial charge in [-0.25, -0.2) is 0 Å². The average Bonchev–Trinajstić information content (AvgIpc) is 2.47.